The van der Waals surface area contributed by atoms with E-state index in [9.17, 15) is 4.79 Å². The van der Waals surface area contributed by atoms with Crippen LogP contribution in [0, 0.1) is 5.41 Å². The van der Waals surface area contributed by atoms with E-state index in [2.05, 4.69) is 19.2 Å². The summed E-state index contributed by atoms with van der Waals surface area (Å²) in [5, 5.41) is 2.89. The molecule has 0 aromatic carbocycles. The van der Waals surface area contributed by atoms with Gasteiger partial charge in [-0.1, -0.05) is 37.0 Å². The third-order valence-corrected chi connectivity index (χ3v) is 5.36. The SMILES string of the molecule is CCC(CC)(CCl)CNC(=O)c1cc(Cl)sc1Cl. The third kappa shape index (κ3) is 3.77. The molecule has 0 spiro atoms. The molecular weight excluding hydrogens is 313 g/mol. The summed E-state index contributed by atoms with van der Waals surface area (Å²) in [5.74, 6) is 0.331. The van der Waals surface area contributed by atoms with Gasteiger partial charge in [-0.2, -0.15) is 0 Å². The van der Waals surface area contributed by atoms with Crippen molar-refractivity contribution in [1.82, 2.24) is 5.32 Å². The van der Waals surface area contributed by atoms with E-state index in [1.165, 1.54) is 11.3 Å². The molecule has 1 aromatic rings. The largest absolute Gasteiger partial charge is 0.351 e. The van der Waals surface area contributed by atoms with Gasteiger partial charge >= 0.3 is 0 Å². The van der Waals surface area contributed by atoms with E-state index in [4.69, 9.17) is 34.8 Å². The zero-order chi connectivity index (χ0) is 13.8. The Balaban J connectivity index is 2.69. The first-order chi connectivity index (χ1) is 8.48. The number of nitrogens with one attached hydrogen (secondary N) is 1. The van der Waals surface area contributed by atoms with Crippen LogP contribution >= 0.6 is 46.1 Å². The van der Waals surface area contributed by atoms with E-state index in [0.717, 1.165) is 12.8 Å². The normalized spacial score (nSPS) is 11.6. The van der Waals surface area contributed by atoms with Crippen LogP contribution in [-0.2, 0) is 0 Å². The molecule has 0 bridgehead atoms. The Labute approximate surface area is 127 Å². The van der Waals surface area contributed by atoms with Crippen molar-refractivity contribution in [2.24, 2.45) is 5.41 Å². The van der Waals surface area contributed by atoms with Gasteiger partial charge in [0.05, 0.1) is 9.90 Å². The zero-order valence-electron chi connectivity index (χ0n) is 10.4. The number of carbonyl (C=O) groups excluding carboxylic acids is 1. The van der Waals surface area contributed by atoms with Crippen LogP contribution in [-0.4, -0.2) is 18.3 Å². The predicted octanol–water partition coefficient (Wildman–Crippen LogP) is 4.83. The minimum atomic E-state index is -0.195. The van der Waals surface area contributed by atoms with E-state index >= 15 is 0 Å². The molecule has 0 radical (unpaired) electrons. The lowest BCUT2D eigenvalue weighted by Crippen LogP contribution is -2.38. The molecule has 0 atom stereocenters. The molecule has 1 N–H and O–H groups in total. The molecule has 6 heteroatoms. The van der Waals surface area contributed by atoms with Crippen LogP contribution in [0.3, 0.4) is 0 Å². The van der Waals surface area contributed by atoms with Crippen molar-refractivity contribution in [3.8, 4) is 0 Å². The Bertz CT molecular complexity index is 407. The molecule has 1 rings (SSSR count). The van der Waals surface area contributed by atoms with Crippen LogP contribution in [0.15, 0.2) is 6.07 Å². The summed E-state index contributed by atoms with van der Waals surface area (Å²) in [6.45, 7) is 4.70. The Hall–Kier alpha value is 0.0400. The molecule has 2 nitrogen and oxygen atoms in total. The maximum Gasteiger partial charge on any atom is 0.253 e. The lowest BCUT2D eigenvalue weighted by molar-refractivity contribution is 0.0932. The fraction of sp³-hybridized carbons (Fsp3) is 0.583. The van der Waals surface area contributed by atoms with Crippen LogP contribution in [0.25, 0.3) is 0 Å². The number of hydrogen-bond donors (Lipinski definition) is 1. The van der Waals surface area contributed by atoms with Crippen molar-refractivity contribution in [3.05, 3.63) is 20.3 Å². The fourth-order valence-corrected chi connectivity index (χ4v) is 3.53. The van der Waals surface area contributed by atoms with Crippen LogP contribution < -0.4 is 5.32 Å². The molecule has 0 fully saturated rings. The number of halogens is 3. The molecule has 1 heterocycles. The highest BCUT2D eigenvalue weighted by Crippen LogP contribution is 2.31. The molecule has 0 saturated carbocycles. The second kappa shape index (κ2) is 6.99. The summed E-state index contributed by atoms with van der Waals surface area (Å²) in [6.07, 6.45) is 1.84. The standard InChI is InChI=1S/C12H16Cl3NOS/c1-3-12(4-2,6-13)7-16-11(17)8-5-9(14)18-10(8)15/h5H,3-4,6-7H2,1-2H3,(H,16,17). The number of rotatable bonds is 6. The van der Waals surface area contributed by atoms with Crippen LogP contribution in [0.2, 0.25) is 8.67 Å². The quantitative estimate of drug-likeness (QED) is 0.745. The predicted molar refractivity (Wildman–Crippen MR) is 80.4 cm³/mol. The van der Waals surface area contributed by atoms with Gasteiger partial charge in [0.25, 0.3) is 5.91 Å². The van der Waals surface area contributed by atoms with Gasteiger partial charge < -0.3 is 5.32 Å². The van der Waals surface area contributed by atoms with Crippen molar-refractivity contribution >= 4 is 52.0 Å². The molecule has 0 aliphatic rings. The molecule has 1 amide bonds. The summed E-state index contributed by atoms with van der Waals surface area (Å²) in [6, 6.07) is 1.59. The molecule has 102 valence electrons. The van der Waals surface area contributed by atoms with E-state index in [0.29, 0.717) is 26.7 Å². The second-order valence-electron chi connectivity index (χ2n) is 4.26. The monoisotopic (exact) mass is 327 g/mol. The Kier molecular flexibility index (Phi) is 6.25. The maximum absolute atomic E-state index is 12.0. The number of amides is 1. The topological polar surface area (TPSA) is 29.1 Å². The molecule has 0 aliphatic carbocycles. The molecular formula is C12H16Cl3NOS. The molecule has 18 heavy (non-hydrogen) atoms. The Morgan fingerprint density at radius 2 is 2.00 bits per heavy atom. The first-order valence-corrected chi connectivity index (χ1v) is 7.87. The van der Waals surface area contributed by atoms with Crippen LogP contribution in [0.1, 0.15) is 37.0 Å². The fourth-order valence-electron chi connectivity index (χ4n) is 1.59. The summed E-state index contributed by atoms with van der Waals surface area (Å²) < 4.78 is 0.932. The number of alkyl halides is 1. The molecule has 0 saturated heterocycles. The van der Waals surface area contributed by atoms with E-state index < -0.39 is 0 Å². The van der Waals surface area contributed by atoms with Gasteiger partial charge in [0, 0.05) is 17.8 Å². The van der Waals surface area contributed by atoms with Gasteiger partial charge in [0.15, 0.2) is 0 Å². The summed E-state index contributed by atoms with van der Waals surface area (Å²) >= 11 is 18.9. The number of hydrogen-bond acceptors (Lipinski definition) is 2. The first kappa shape index (κ1) is 16.1. The minimum Gasteiger partial charge on any atom is -0.351 e. The summed E-state index contributed by atoms with van der Waals surface area (Å²) in [4.78, 5) is 12.0. The summed E-state index contributed by atoms with van der Waals surface area (Å²) in [5.41, 5.74) is 0.381. The highest BCUT2D eigenvalue weighted by atomic mass is 35.5. The smallest absolute Gasteiger partial charge is 0.253 e. The van der Waals surface area contributed by atoms with Gasteiger partial charge in [-0.15, -0.1) is 22.9 Å². The average molecular weight is 329 g/mol. The zero-order valence-corrected chi connectivity index (χ0v) is 13.4. The van der Waals surface area contributed by atoms with Crippen molar-refractivity contribution in [2.75, 3.05) is 12.4 Å². The Morgan fingerprint density at radius 3 is 2.39 bits per heavy atom. The van der Waals surface area contributed by atoms with E-state index in [-0.39, 0.29) is 11.3 Å². The first-order valence-electron chi connectivity index (χ1n) is 5.77. The lowest BCUT2D eigenvalue weighted by atomic mass is 9.84. The second-order valence-corrected chi connectivity index (χ2v) is 6.81. The van der Waals surface area contributed by atoms with Crippen molar-refractivity contribution < 1.29 is 4.79 Å². The summed E-state index contributed by atoms with van der Waals surface area (Å²) in [7, 11) is 0. The molecule has 0 aliphatic heterocycles. The van der Waals surface area contributed by atoms with Gasteiger partial charge in [0.1, 0.15) is 4.34 Å². The van der Waals surface area contributed by atoms with Gasteiger partial charge in [0.2, 0.25) is 0 Å². The van der Waals surface area contributed by atoms with Gasteiger partial charge in [-0.3, -0.25) is 4.79 Å². The van der Waals surface area contributed by atoms with Gasteiger partial charge in [-0.25, -0.2) is 0 Å². The maximum atomic E-state index is 12.0. The highest BCUT2D eigenvalue weighted by molar-refractivity contribution is 7.20. The van der Waals surface area contributed by atoms with Crippen LogP contribution in [0.4, 0.5) is 0 Å². The molecule has 0 unspecified atom stereocenters. The third-order valence-electron chi connectivity index (χ3n) is 3.31. The number of carbonyl (C=O) groups is 1. The Morgan fingerprint density at radius 1 is 1.39 bits per heavy atom. The van der Waals surface area contributed by atoms with E-state index in [1.807, 2.05) is 0 Å². The molecule has 1 aromatic heterocycles. The van der Waals surface area contributed by atoms with Crippen molar-refractivity contribution in [1.29, 1.82) is 0 Å². The van der Waals surface area contributed by atoms with Crippen molar-refractivity contribution in [2.45, 2.75) is 26.7 Å². The van der Waals surface area contributed by atoms with Crippen LogP contribution in [0.5, 0.6) is 0 Å². The van der Waals surface area contributed by atoms with E-state index in [1.54, 1.807) is 6.07 Å². The minimum absolute atomic E-state index is 0.0521. The van der Waals surface area contributed by atoms with Gasteiger partial charge in [-0.05, 0) is 18.9 Å². The van der Waals surface area contributed by atoms with Crippen molar-refractivity contribution in [3.63, 3.8) is 0 Å². The lowest BCUT2D eigenvalue weighted by Gasteiger charge is -2.29. The number of thiophene rings is 1. The highest BCUT2D eigenvalue weighted by Gasteiger charge is 2.26. The average Bonchev–Trinajstić information content (AvgIpc) is 2.70.